The molecule has 3 heterocycles. The van der Waals surface area contributed by atoms with Crippen molar-refractivity contribution in [3.63, 3.8) is 0 Å². The number of benzene rings is 2. The summed E-state index contributed by atoms with van der Waals surface area (Å²) in [7, 11) is 0. The Balaban J connectivity index is 1.24. The van der Waals surface area contributed by atoms with Crippen LogP contribution >= 0.6 is 11.6 Å². The topological polar surface area (TPSA) is 66.2 Å². The molecule has 0 spiro atoms. The average molecular weight is 452 g/mol. The Kier molecular flexibility index (Phi) is 5.49. The van der Waals surface area contributed by atoms with Crippen LogP contribution in [0.25, 0.3) is 0 Å². The van der Waals surface area contributed by atoms with E-state index in [2.05, 4.69) is 4.90 Å². The molecule has 0 radical (unpaired) electrons. The molecule has 3 aromatic rings. The Morgan fingerprint density at radius 1 is 0.906 bits per heavy atom. The van der Waals surface area contributed by atoms with Crippen LogP contribution in [0.3, 0.4) is 0 Å². The van der Waals surface area contributed by atoms with Gasteiger partial charge in [0.15, 0.2) is 12.4 Å². The predicted molar refractivity (Wildman–Crippen MR) is 121 cm³/mol. The molecule has 2 amide bonds. The lowest BCUT2D eigenvalue weighted by Gasteiger charge is -2.36. The van der Waals surface area contributed by atoms with Crippen molar-refractivity contribution >= 4 is 34.8 Å². The number of furan rings is 1. The number of carbonyl (C=O) groups excluding carboxylic acids is 2. The molecule has 1 fully saturated rings. The van der Waals surface area contributed by atoms with Gasteiger partial charge in [0, 0.05) is 26.2 Å². The van der Waals surface area contributed by atoms with E-state index < -0.39 is 0 Å². The SMILES string of the molecule is O=C(c1ccc(CN2C(=O)COc3ccccc32)o1)N1CCN(c2ccccc2Cl)CC1. The van der Waals surface area contributed by atoms with E-state index in [1.165, 1.54) is 0 Å². The molecule has 0 N–H and O–H groups in total. The largest absolute Gasteiger partial charge is 0.482 e. The summed E-state index contributed by atoms with van der Waals surface area (Å²) in [4.78, 5) is 30.9. The van der Waals surface area contributed by atoms with Crippen molar-refractivity contribution in [3.8, 4) is 5.75 Å². The molecular weight excluding hydrogens is 430 g/mol. The van der Waals surface area contributed by atoms with Crippen LogP contribution in [0.2, 0.25) is 5.02 Å². The van der Waals surface area contributed by atoms with Gasteiger partial charge in [-0.3, -0.25) is 14.5 Å². The summed E-state index contributed by atoms with van der Waals surface area (Å²) in [6.45, 7) is 2.78. The summed E-state index contributed by atoms with van der Waals surface area (Å²) in [5.41, 5.74) is 1.68. The van der Waals surface area contributed by atoms with Gasteiger partial charge in [0.05, 0.1) is 22.9 Å². The lowest BCUT2D eigenvalue weighted by Crippen LogP contribution is -2.48. The first kappa shape index (κ1) is 20.5. The predicted octanol–water partition coefficient (Wildman–Crippen LogP) is 3.82. The Hall–Kier alpha value is -3.45. The van der Waals surface area contributed by atoms with Crippen molar-refractivity contribution < 1.29 is 18.7 Å². The first-order valence-corrected chi connectivity index (χ1v) is 10.9. The molecule has 2 aliphatic rings. The van der Waals surface area contributed by atoms with E-state index in [0.717, 1.165) is 5.69 Å². The van der Waals surface area contributed by atoms with E-state index in [1.54, 1.807) is 21.9 Å². The normalized spacial score (nSPS) is 16.0. The zero-order valence-electron chi connectivity index (χ0n) is 17.4. The molecule has 5 rings (SSSR count). The van der Waals surface area contributed by atoms with Crippen molar-refractivity contribution in [2.24, 2.45) is 0 Å². The summed E-state index contributed by atoms with van der Waals surface area (Å²) >= 11 is 6.30. The van der Waals surface area contributed by atoms with Crippen LogP contribution in [0.5, 0.6) is 5.75 Å². The summed E-state index contributed by atoms with van der Waals surface area (Å²) < 4.78 is 11.3. The molecule has 7 nitrogen and oxygen atoms in total. The fraction of sp³-hybridized carbons (Fsp3) is 0.250. The van der Waals surface area contributed by atoms with Crippen LogP contribution in [-0.4, -0.2) is 49.5 Å². The number of anilines is 2. The third kappa shape index (κ3) is 3.91. The average Bonchev–Trinajstić information content (AvgIpc) is 3.30. The number of rotatable bonds is 4. The van der Waals surface area contributed by atoms with Gasteiger partial charge in [-0.2, -0.15) is 0 Å². The third-order valence-electron chi connectivity index (χ3n) is 5.75. The van der Waals surface area contributed by atoms with Gasteiger partial charge in [-0.25, -0.2) is 0 Å². The molecule has 0 unspecified atom stereocenters. The van der Waals surface area contributed by atoms with Gasteiger partial charge < -0.3 is 19.0 Å². The molecule has 0 bridgehead atoms. The van der Waals surface area contributed by atoms with Crippen molar-refractivity contribution in [1.29, 1.82) is 0 Å². The Labute approximate surface area is 190 Å². The number of piperazine rings is 1. The Bertz CT molecular complexity index is 1150. The molecule has 1 aromatic heterocycles. The number of carbonyl (C=O) groups is 2. The van der Waals surface area contributed by atoms with E-state index >= 15 is 0 Å². The zero-order chi connectivity index (χ0) is 22.1. The first-order chi connectivity index (χ1) is 15.6. The number of hydrogen-bond acceptors (Lipinski definition) is 5. The van der Waals surface area contributed by atoms with E-state index in [0.29, 0.717) is 48.4 Å². The maximum Gasteiger partial charge on any atom is 0.289 e. The van der Waals surface area contributed by atoms with Crippen LogP contribution in [0.15, 0.2) is 65.1 Å². The lowest BCUT2D eigenvalue weighted by molar-refractivity contribution is -0.121. The molecule has 2 aliphatic heterocycles. The third-order valence-corrected chi connectivity index (χ3v) is 6.07. The van der Waals surface area contributed by atoms with Crippen LogP contribution in [0, 0.1) is 0 Å². The molecule has 8 heteroatoms. The number of nitrogens with zero attached hydrogens (tertiary/aromatic N) is 3. The Morgan fingerprint density at radius 3 is 2.41 bits per heavy atom. The molecule has 0 atom stereocenters. The summed E-state index contributed by atoms with van der Waals surface area (Å²) in [6.07, 6.45) is 0. The van der Waals surface area contributed by atoms with Crippen LogP contribution in [-0.2, 0) is 11.3 Å². The maximum absolute atomic E-state index is 13.0. The molecule has 32 heavy (non-hydrogen) atoms. The highest BCUT2D eigenvalue weighted by Gasteiger charge is 2.28. The van der Waals surface area contributed by atoms with Crippen LogP contribution in [0.4, 0.5) is 11.4 Å². The smallest absolute Gasteiger partial charge is 0.289 e. The van der Waals surface area contributed by atoms with Crippen molar-refractivity contribution in [2.45, 2.75) is 6.54 Å². The van der Waals surface area contributed by atoms with Gasteiger partial charge >= 0.3 is 0 Å². The molecule has 0 saturated carbocycles. The Morgan fingerprint density at radius 2 is 1.62 bits per heavy atom. The van der Waals surface area contributed by atoms with Gasteiger partial charge in [0.2, 0.25) is 0 Å². The highest BCUT2D eigenvalue weighted by molar-refractivity contribution is 6.33. The fourth-order valence-electron chi connectivity index (χ4n) is 4.08. The second-order valence-corrected chi connectivity index (χ2v) is 8.14. The van der Waals surface area contributed by atoms with Crippen molar-refractivity contribution in [3.05, 3.63) is 77.2 Å². The molecule has 2 aromatic carbocycles. The summed E-state index contributed by atoms with van der Waals surface area (Å²) in [5.74, 6) is 1.19. The monoisotopic (exact) mass is 451 g/mol. The number of hydrogen-bond donors (Lipinski definition) is 0. The van der Waals surface area contributed by atoms with Crippen molar-refractivity contribution in [1.82, 2.24) is 4.90 Å². The van der Waals surface area contributed by atoms with Crippen molar-refractivity contribution in [2.75, 3.05) is 42.6 Å². The van der Waals surface area contributed by atoms with E-state index in [9.17, 15) is 9.59 Å². The number of fused-ring (bicyclic) bond motifs is 1. The fourth-order valence-corrected chi connectivity index (χ4v) is 4.33. The van der Waals surface area contributed by atoms with Crippen LogP contribution < -0.4 is 14.5 Å². The highest BCUT2D eigenvalue weighted by atomic mass is 35.5. The summed E-state index contributed by atoms with van der Waals surface area (Å²) in [6, 6.07) is 18.5. The quantitative estimate of drug-likeness (QED) is 0.603. The number of para-hydroxylation sites is 3. The van der Waals surface area contributed by atoms with Gasteiger partial charge in [-0.05, 0) is 36.4 Å². The molecule has 164 valence electrons. The van der Waals surface area contributed by atoms with E-state index in [1.807, 2.05) is 48.5 Å². The molecule has 0 aliphatic carbocycles. The van der Waals surface area contributed by atoms with Gasteiger partial charge in [0.1, 0.15) is 11.5 Å². The number of halogens is 1. The first-order valence-electron chi connectivity index (χ1n) is 10.5. The number of amides is 2. The van der Waals surface area contributed by atoms with Gasteiger partial charge in [-0.15, -0.1) is 0 Å². The highest BCUT2D eigenvalue weighted by Crippen LogP contribution is 2.33. The van der Waals surface area contributed by atoms with Crippen LogP contribution in [0.1, 0.15) is 16.3 Å². The minimum Gasteiger partial charge on any atom is -0.482 e. The second-order valence-electron chi connectivity index (χ2n) is 7.73. The van der Waals surface area contributed by atoms with E-state index in [-0.39, 0.29) is 30.7 Å². The van der Waals surface area contributed by atoms with Gasteiger partial charge in [-0.1, -0.05) is 35.9 Å². The maximum atomic E-state index is 13.0. The van der Waals surface area contributed by atoms with Gasteiger partial charge in [0.25, 0.3) is 11.8 Å². The van der Waals surface area contributed by atoms with E-state index in [4.69, 9.17) is 20.8 Å². The molecule has 1 saturated heterocycles. The second kappa shape index (κ2) is 8.59. The summed E-state index contributed by atoms with van der Waals surface area (Å²) in [5, 5.41) is 0.710. The molecular formula is C24H22ClN3O4. The zero-order valence-corrected chi connectivity index (χ0v) is 18.1. The number of ether oxygens (including phenoxy) is 1. The standard InChI is InChI=1S/C24H22ClN3O4/c25-18-5-1-2-6-19(18)26-11-13-27(14-12-26)24(30)22-10-9-17(32-22)15-28-20-7-3-4-8-21(20)31-16-23(28)29/h1-10H,11-16H2. The minimum atomic E-state index is -0.149. The minimum absolute atomic E-state index is 0.0147. The lowest BCUT2D eigenvalue weighted by atomic mass is 10.2.